The second kappa shape index (κ2) is 10.1. The summed E-state index contributed by atoms with van der Waals surface area (Å²) in [6.45, 7) is 3.42. The molecule has 0 atom stereocenters. The molecule has 1 heterocycles. The lowest BCUT2D eigenvalue weighted by Crippen LogP contribution is -2.38. The van der Waals surface area contributed by atoms with E-state index in [1.165, 1.54) is 11.1 Å². The van der Waals surface area contributed by atoms with Crippen LogP contribution in [0.15, 0.2) is 29.5 Å². The number of aryl methyl sites for hydroxylation is 2. The summed E-state index contributed by atoms with van der Waals surface area (Å²) >= 11 is 0. The Kier molecular flexibility index (Phi) is 8.51. The van der Waals surface area contributed by atoms with Gasteiger partial charge in [0.1, 0.15) is 12.1 Å². The van der Waals surface area contributed by atoms with Crippen molar-refractivity contribution in [2.75, 3.05) is 20.7 Å². The lowest BCUT2D eigenvalue weighted by Gasteiger charge is -2.13. The molecule has 0 bridgehead atoms. The van der Waals surface area contributed by atoms with Gasteiger partial charge in [-0.1, -0.05) is 17.7 Å². The minimum atomic E-state index is 0. The third kappa shape index (κ3) is 5.66. The van der Waals surface area contributed by atoms with Crippen LogP contribution < -0.4 is 15.4 Å². The maximum absolute atomic E-state index is 5.40. The van der Waals surface area contributed by atoms with Crippen LogP contribution in [0.4, 0.5) is 0 Å². The molecule has 1 aromatic carbocycles. The number of nitrogens with one attached hydrogen (secondary N) is 2. The smallest absolute Gasteiger partial charge is 0.191 e. The number of nitrogens with zero attached hydrogens (tertiary/aromatic N) is 4. The Balaban J connectivity index is 0.00000288. The van der Waals surface area contributed by atoms with Gasteiger partial charge in [-0.25, -0.2) is 0 Å². The van der Waals surface area contributed by atoms with Gasteiger partial charge < -0.3 is 19.9 Å². The zero-order valence-electron chi connectivity index (χ0n) is 14.5. The summed E-state index contributed by atoms with van der Waals surface area (Å²) in [6.07, 6.45) is 2.53. The molecule has 0 aliphatic carbocycles. The number of hydrogen-bond donors (Lipinski definition) is 2. The average molecular weight is 444 g/mol. The van der Waals surface area contributed by atoms with Crippen molar-refractivity contribution in [2.24, 2.45) is 12.0 Å². The van der Waals surface area contributed by atoms with Gasteiger partial charge in [-0.05, 0) is 25.0 Å². The van der Waals surface area contributed by atoms with Crippen LogP contribution in [0, 0.1) is 6.92 Å². The van der Waals surface area contributed by atoms with Crippen LogP contribution in [-0.2, 0) is 20.0 Å². The van der Waals surface area contributed by atoms with Gasteiger partial charge in [0.25, 0.3) is 0 Å². The molecule has 0 radical (unpaired) electrons. The molecule has 0 aliphatic heterocycles. The van der Waals surface area contributed by atoms with E-state index in [9.17, 15) is 0 Å². The average Bonchev–Trinajstić information content (AvgIpc) is 2.96. The maximum Gasteiger partial charge on any atom is 0.191 e. The minimum Gasteiger partial charge on any atom is -0.496 e. The van der Waals surface area contributed by atoms with Crippen LogP contribution in [0.3, 0.4) is 0 Å². The normalized spacial score (nSPS) is 10.9. The standard InChI is InChI=1S/C16H24N6O.HI/c1-12-5-6-14(23-4)13(9-12)7-8-18-16(17-2)19-10-15-21-20-11-22(15)3;/h5-6,9,11H,7-8,10H2,1-4H3,(H2,17,18,19);1H. The molecule has 1 aromatic heterocycles. The van der Waals surface area contributed by atoms with E-state index in [-0.39, 0.29) is 24.0 Å². The predicted octanol–water partition coefficient (Wildman–Crippen LogP) is 1.66. The van der Waals surface area contributed by atoms with E-state index in [4.69, 9.17) is 4.74 Å². The van der Waals surface area contributed by atoms with E-state index in [0.29, 0.717) is 6.54 Å². The fraction of sp³-hybridized carbons (Fsp3) is 0.438. The fourth-order valence-corrected chi connectivity index (χ4v) is 2.27. The van der Waals surface area contributed by atoms with Gasteiger partial charge in [-0.2, -0.15) is 0 Å². The summed E-state index contributed by atoms with van der Waals surface area (Å²) in [7, 11) is 5.36. The molecule has 0 saturated heterocycles. The molecule has 0 spiro atoms. The van der Waals surface area contributed by atoms with Crippen LogP contribution in [-0.4, -0.2) is 41.4 Å². The molecule has 132 valence electrons. The third-order valence-electron chi connectivity index (χ3n) is 3.57. The molecule has 0 amide bonds. The van der Waals surface area contributed by atoms with Gasteiger partial charge in [-0.3, -0.25) is 4.99 Å². The summed E-state index contributed by atoms with van der Waals surface area (Å²) in [4.78, 5) is 4.21. The number of aromatic nitrogens is 3. The number of aliphatic imine (C=N–C) groups is 1. The third-order valence-corrected chi connectivity index (χ3v) is 3.57. The van der Waals surface area contributed by atoms with Crippen molar-refractivity contribution < 1.29 is 4.74 Å². The Morgan fingerprint density at radius 1 is 1.33 bits per heavy atom. The first-order chi connectivity index (χ1) is 11.1. The molecule has 0 aliphatic rings. The minimum absolute atomic E-state index is 0. The number of halogens is 1. The quantitative estimate of drug-likeness (QED) is 0.403. The van der Waals surface area contributed by atoms with E-state index >= 15 is 0 Å². The summed E-state index contributed by atoms with van der Waals surface area (Å²) in [5.74, 6) is 2.51. The number of methoxy groups -OCH3 is 1. The molecule has 8 heteroatoms. The lowest BCUT2D eigenvalue weighted by atomic mass is 10.1. The number of hydrogen-bond acceptors (Lipinski definition) is 4. The monoisotopic (exact) mass is 444 g/mol. The number of ether oxygens (including phenoxy) is 1. The van der Waals surface area contributed by atoms with E-state index in [1.54, 1.807) is 20.5 Å². The molecule has 7 nitrogen and oxygen atoms in total. The first kappa shape index (κ1) is 20.2. The van der Waals surface area contributed by atoms with Crippen molar-refractivity contribution >= 4 is 29.9 Å². The highest BCUT2D eigenvalue weighted by Crippen LogP contribution is 2.19. The summed E-state index contributed by atoms with van der Waals surface area (Å²) in [5, 5.41) is 14.4. The number of guanidine groups is 1. The van der Waals surface area contributed by atoms with Crippen molar-refractivity contribution in [3.63, 3.8) is 0 Å². The van der Waals surface area contributed by atoms with Gasteiger partial charge >= 0.3 is 0 Å². The van der Waals surface area contributed by atoms with E-state index in [2.05, 4.69) is 44.9 Å². The fourth-order valence-electron chi connectivity index (χ4n) is 2.27. The van der Waals surface area contributed by atoms with E-state index in [0.717, 1.165) is 30.5 Å². The maximum atomic E-state index is 5.40. The van der Waals surface area contributed by atoms with Crippen molar-refractivity contribution in [3.05, 3.63) is 41.5 Å². The first-order valence-electron chi connectivity index (χ1n) is 7.55. The van der Waals surface area contributed by atoms with Crippen LogP contribution in [0.5, 0.6) is 5.75 Å². The lowest BCUT2D eigenvalue weighted by molar-refractivity contribution is 0.409. The highest BCUT2D eigenvalue weighted by molar-refractivity contribution is 14.0. The molecule has 24 heavy (non-hydrogen) atoms. The molecule has 0 saturated carbocycles. The molecule has 0 unspecified atom stereocenters. The van der Waals surface area contributed by atoms with Crippen molar-refractivity contribution in [3.8, 4) is 5.75 Å². The summed E-state index contributed by atoms with van der Waals surface area (Å²) < 4.78 is 7.28. The van der Waals surface area contributed by atoms with Gasteiger partial charge in [0.15, 0.2) is 11.8 Å². The van der Waals surface area contributed by atoms with Gasteiger partial charge in [-0.15, -0.1) is 34.2 Å². The van der Waals surface area contributed by atoms with Crippen LogP contribution in [0.1, 0.15) is 17.0 Å². The molecule has 0 fully saturated rings. The van der Waals surface area contributed by atoms with E-state index < -0.39 is 0 Å². The number of rotatable bonds is 6. The Bertz CT molecular complexity index is 670. The van der Waals surface area contributed by atoms with Crippen molar-refractivity contribution in [2.45, 2.75) is 19.9 Å². The van der Waals surface area contributed by atoms with Gasteiger partial charge in [0, 0.05) is 20.6 Å². The highest BCUT2D eigenvalue weighted by atomic mass is 127. The molecular weight excluding hydrogens is 419 g/mol. The topological polar surface area (TPSA) is 76.4 Å². The van der Waals surface area contributed by atoms with Crippen molar-refractivity contribution in [1.82, 2.24) is 25.4 Å². The zero-order valence-corrected chi connectivity index (χ0v) is 16.9. The second-order valence-corrected chi connectivity index (χ2v) is 5.28. The van der Waals surface area contributed by atoms with E-state index in [1.807, 2.05) is 17.7 Å². The zero-order chi connectivity index (χ0) is 16.7. The predicted molar refractivity (Wildman–Crippen MR) is 106 cm³/mol. The highest BCUT2D eigenvalue weighted by Gasteiger charge is 2.05. The van der Waals surface area contributed by atoms with Crippen molar-refractivity contribution in [1.29, 1.82) is 0 Å². The second-order valence-electron chi connectivity index (χ2n) is 5.28. The number of benzene rings is 1. The largest absolute Gasteiger partial charge is 0.496 e. The summed E-state index contributed by atoms with van der Waals surface area (Å²) in [6, 6.07) is 6.21. The van der Waals surface area contributed by atoms with Crippen LogP contribution >= 0.6 is 24.0 Å². The summed E-state index contributed by atoms with van der Waals surface area (Å²) in [5.41, 5.74) is 2.41. The SMILES string of the molecule is CN=C(NCCc1cc(C)ccc1OC)NCc1nncn1C.I. The van der Waals surface area contributed by atoms with Crippen LogP contribution in [0.25, 0.3) is 0 Å². The Labute approximate surface area is 159 Å². The first-order valence-corrected chi connectivity index (χ1v) is 7.55. The Morgan fingerprint density at radius 2 is 2.12 bits per heavy atom. The van der Waals surface area contributed by atoms with Crippen LogP contribution in [0.2, 0.25) is 0 Å². The van der Waals surface area contributed by atoms with Gasteiger partial charge in [0.05, 0.1) is 13.7 Å². The molecule has 2 N–H and O–H groups in total. The Morgan fingerprint density at radius 3 is 2.75 bits per heavy atom. The molecular formula is C16H25IN6O. The molecule has 2 aromatic rings. The Hall–Kier alpha value is -1.84. The molecule has 2 rings (SSSR count). The van der Waals surface area contributed by atoms with Gasteiger partial charge in [0.2, 0.25) is 0 Å².